The van der Waals surface area contributed by atoms with E-state index in [1.807, 2.05) is 0 Å². The number of para-hydroxylation sites is 1. The minimum Gasteiger partial charge on any atom is -0.496 e. The van der Waals surface area contributed by atoms with E-state index in [-0.39, 0.29) is 17.7 Å². The summed E-state index contributed by atoms with van der Waals surface area (Å²) < 4.78 is 64.9. The van der Waals surface area contributed by atoms with Crippen LogP contribution in [0.5, 0.6) is 5.75 Å². The highest BCUT2D eigenvalue weighted by atomic mass is 19.3. The van der Waals surface area contributed by atoms with Crippen LogP contribution in [-0.2, 0) is 10.3 Å². The first-order chi connectivity index (χ1) is 9.40. The molecule has 110 valence electrons. The van der Waals surface area contributed by atoms with E-state index < -0.39 is 23.5 Å². The van der Waals surface area contributed by atoms with Gasteiger partial charge in [-0.3, -0.25) is 0 Å². The van der Waals surface area contributed by atoms with Gasteiger partial charge in [0.1, 0.15) is 11.4 Å². The van der Waals surface area contributed by atoms with Gasteiger partial charge in [0.05, 0.1) is 7.11 Å². The molecule has 6 heteroatoms. The predicted molar refractivity (Wildman–Crippen MR) is 65.3 cm³/mol. The first-order valence-corrected chi connectivity index (χ1v) is 5.97. The van der Waals surface area contributed by atoms with E-state index in [1.165, 1.54) is 19.2 Å². The van der Waals surface area contributed by atoms with Crippen LogP contribution in [0.25, 0.3) is 0 Å². The number of halogens is 4. The minimum atomic E-state index is -4.23. The molecule has 0 N–H and O–H groups in total. The Bertz CT molecular complexity index is 530. The average Bonchev–Trinajstić information content (AvgIpc) is 2.46. The number of benzene rings is 1. The van der Waals surface area contributed by atoms with Gasteiger partial charge in [-0.25, -0.2) is 8.78 Å². The van der Waals surface area contributed by atoms with Crippen LogP contribution in [0, 0.1) is 0 Å². The number of alkyl halides is 3. The Kier molecular flexibility index (Phi) is 3.77. The molecular weight excluding hydrogens is 276 g/mol. The molecule has 0 fully saturated rings. The summed E-state index contributed by atoms with van der Waals surface area (Å²) in [6.45, 7) is 0. The van der Waals surface area contributed by atoms with Crippen LogP contribution in [0.4, 0.5) is 17.6 Å². The first-order valence-electron chi connectivity index (χ1n) is 5.97. The molecule has 0 bridgehead atoms. The van der Waals surface area contributed by atoms with Crippen LogP contribution in [0.1, 0.15) is 12.0 Å². The Morgan fingerprint density at radius 1 is 1.20 bits per heavy atom. The van der Waals surface area contributed by atoms with Crippen LogP contribution in [0.2, 0.25) is 0 Å². The third-order valence-electron chi connectivity index (χ3n) is 3.56. The SMILES string of the molecule is COc1ccccc1C1(OC)CC=C(F)C(F)(F)C1F. The summed E-state index contributed by atoms with van der Waals surface area (Å²) in [7, 11) is 2.46. The van der Waals surface area contributed by atoms with Crippen molar-refractivity contribution >= 4 is 0 Å². The molecule has 0 spiro atoms. The Labute approximate surface area is 114 Å². The van der Waals surface area contributed by atoms with E-state index in [1.54, 1.807) is 12.1 Å². The second-order valence-corrected chi connectivity index (χ2v) is 4.54. The molecule has 0 saturated carbocycles. The number of ether oxygens (including phenoxy) is 2. The number of methoxy groups -OCH3 is 2. The van der Waals surface area contributed by atoms with Crippen molar-refractivity contribution in [3.63, 3.8) is 0 Å². The van der Waals surface area contributed by atoms with Crippen molar-refractivity contribution < 1.29 is 27.0 Å². The molecule has 1 aliphatic carbocycles. The van der Waals surface area contributed by atoms with Crippen molar-refractivity contribution in [2.45, 2.75) is 24.1 Å². The molecule has 1 aliphatic rings. The van der Waals surface area contributed by atoms with Gasteiger partial charge >= 0.3 is 5.92 Å². The highest BCUT2D eigenvalue weighted by molar-refractivity contribution is 5.42. The Hall–Kier alpha value is -1.56. The molecule has 1 aromatic carbocycles. The van der Waals surface area contributed by atoms with Gasteiger partial charge in [-0.2, -0.15) is 8.78 Å². The first kappa shape index (κ1) is 14.8. The van der Waals surface area contributed by atoms with E-state index in [4.69, 9.17) is 9.47 Å². The maximum Gasteiger partial charge on any atom is 0.332 e. The van der Waals surface area contributed by atoms with E-state index in [0.717, 1.165) is 7.11 Å². The molecule has 0 radical (unpaired) electrons. The van der Waals surface area contributed by atoms with Crippen LogP contribution < -0.4 is 4.74 Å². The lowest BCUT2D eigenvalue weighted by molar-refractivity contribution is -0.177. The van der Waals surface area contributed by atoms with Gasteiger partial charge in [-0.1, -0.05) is 18.2 Å². The number of hydrogen-bond donors (Lipinski definition) is 0. The van der Waals surface area contributed by atoms with Gasteiger partial charge in [0.15, 0.2) is 5.83 Å². The van der Waals surface area contributed by atoms with E-state index in [9.17, 15) is 17.6 Å². The molecule has 20 heavy (non-hydrogen) atoms. The maximum atomic E-state index is 14.3. The zero-order valence-corrected chi connectivity index (χ0v) is 11.0. The molecule has 2 unspecified atom stereocenters. The van der Waals surface area contributed by atoms with Crippen molar-refractivity contribution in [1.29, 1.82) is 0 Å². The topological polar surface area (TPSA) is 18.5 Å². The fourth-order valence-electron chi connectivity index (χ4n) is 2.43. The molecule has 0 saturated heterocycles. The van der Waals surface area contributed by atoms with Crippen LogP contribution in [0.3, 0.4) is 0 Å². The molecule has 0 aromatic heterocycles. The summed E-state index contributed by atoms with van der Waals surface area (Å²) in [4.78, 5) is 0. The molecule has 0 aliphatic heterocycles. The van der Waals surface area contributed by atoms with Crippen molar-refractivity contribution in [3.8, 4) is 5.75 Å². The van der Waals surface area contributed by atoms with Crippen LogP contribution in [-0.4, -0.2) is 26.3 Å². The summed E-state index contributed by atoms with van der Waals surface area (Å²) in [5.41, 5.74) is -1.85. The van der Waals surface area contributed by atoms with Gasteiger partial charge in [-0.15, -0.1) is 0 Å². The number of hydrogen-bond acceptors (Lipinski definition) is 2. The Morgan fingerprint density at radius 3 is 2.45 bits per heavy atom. The van der Waals surface area contributed by atoms with Gasteiger partial charge in [0.25, 0.3) is 0 Å². The highest BCUT2D eigenvalue weighted by Crippen LogP contribution is 2.51. The monoisotopic (exact) mass is 290 g/mol. The Morgan fingerprint density at radius 2 is 1.85 bits per heavy atom. The third kappa shape index (κ3) is 1.98. The molecule has 2 rings (SSSR count). The van der Waals surface area contributed by atoms with E-state index >= 15 is 0 Å². The van der Waals surface area contributed by atoms with Crippen molar-refractivity contribution in [2.75, 3.05) is 14.2 Å². The fraction of sp³-hybridized carbons (Fsp3) is 0.429. The van der Waals surface area contributed by atoms with Gasteiger partial charge < -0.3 is 9.47 Å². The summed E-state index contributed by atoms with van der Waals surface area (Å²) in [6, 6.07) is 6.12. The summed E-state index contributed by atoms with van der Waals surface area (Å²) in [5, 5.41) is 0. The number of rotatable bonds is 3. The third-order valence-corrected chi connectivity index (χ3v) is 3.56. The largest absolute Gasteiger partial charge is 0.496 e. The van der Waals surface area contributed by atoms with Gasteiger partial charge in [0.2, 0.25) is 6.17 Å². The molecule has 2 nitrogen and oxygen atoms in total. The lowest BCUT2D eigenvalue weighted by atomic mass is 9.78. The maximum absolute atomic E-state index is 14.3. The molecule has 2 atom stereocenters. The zero-order valence-electron chi connectivity index (χ0n) is 11.0. The fourth-order valence-corrected chi connectivity index (χ4v) is 2.43. The quantitative estimate of drug-likeness (QED) is 0.789. The summed E-state index contributed by atoms with van der Waals surface area (Å²) in [5.74, 6) is -5.79. The van der Waals surface area contributed by atoms with Crippen LogP contribution in [0.15, 0.2) is 36.2 Å². The second-order valence-electron chi connectivity index (χ2n) is 4.54. The van der Waals surface area contributed by atoms with Crippen LogP contribution >= 0.6 is 0 Å². The minimum absolute atomic E-state index is 0.126. The molecular formula is C14H14F4O2. The standard InChI is InChI=1S/C14H14F4O2/c1-19-10-6-4-3-5-9(10)13(20-2)8-7-11(15)14(17,18)12(13)16/h3-7,12H,8H2,1-2H3. The van der Waals surface area contributed by atoms with Crippen molar-refractivity contribution in [3.05, 3.63) is 41.7 Å². The highest BCUT2D eigenvalue weighted by Gasteiger charge is 2.60. The summed E-state index contributed by atoms with van der Waals surface area (Å²) in [6.07, 6.45) is -2.53. The van der Waals surface area contributed by atoms with Crippen molar-refractivity contribution in [1.82, 2.24) is 0 Å². The average molecular weight is 290 g/mol. The lowest BCUT2D eigenvalue weighted by Gasteiger charge is -2.41. The van der Waals surface area contributed by atoms with E-state index in [0.29, 0.717) is 6.08 Å². The predicted octanol–water partition coefficient (Wildman–Crippen LogP) is 3.77. The Balaban J connectivity index is 2.61. The molecule has 1 aromatic rings. The molecule has 0 heterocycles. The smallest absolute Gasteiger partial charge is 0.332 e. The van der Waals surface area contributed by atoms with Gasteiger partial charge in [-0.05, 0) is 12.1 Å². The van der Waals surface area contributed by atoms with Crippen molar-refractivity contribution in [2.24, 2.45) is 0 Å². The molecule has 0 amide bonds. The second kappa shape index (κ2) is 5.09. The van der Waals surface area contributed by atoms with E-state index in [2.05, 4.69) is 0 Å². The van der Waals surface area contributed by atoms with Gasteiger partial charge in [0, 0.05) is 19.1 Å². The zero-order chi connectivity index (χ0) is 15.0. The normalized spacial score (nSPS) is 28.9. The number of allylic oxidation sites excluding steroid dienone is 1. The summed E-state index contributed by atoms with van der Waals surface area (Å²) >= 11 is 0. The lowest BCUT2D eigenvalue weighted by Crippen LogP contribution is -2.51.